The van der Waals surface area contributed by atoms with E-state index in [1.54, 1.807) is 0 Å². The van der Waals surface area contributed by atoms with E-state index >= 15 is 0 Å². The number of carbonyl (C=O) groups is 1. The Morgan fingerprint density at radius 3 is 2.65 bits per heavy atom. The summed E-state index contributed by atoms with van der Waals surface area (Å²) in [4.78, 5) is 11.3. The van der Waals surface area contributed by atoms with Gasteiger partial charge in [-0.1, -0.05) is 30.3 Å². The lowest BCUT2D eigenvalue weighted by Gasteiger charge is -2.17. The minimum absolute atomic E-state index is 0.0892. The molecule has 0 spiro atoms. The summed E-state index contributed by atoms with van der Waals surface area (Å²) in [5, 5.41) is 9.30. The highest BCUT2D eigenvalue weighted by atomic mass is 16.5. The predicted octanol–water partition coefficient (Wildman–Crippen LogP) is 2.81. The average Bonchev–Trinajstić information content (AvgIpc) is 2.73. The number of aliphatic carboxylic acids is 1. The van der Waals surface area contributed by atoms with Gasteiger partial charge in [-0.2, -0.15) is 0 Å². The minimum Gasteiger partial charge on any atom is -0.481 e. The van der Waals surface area contributed by atoms with Crippen LogP contribution < -0.4 is 0 Å². The fourth-order valence-corrected chi connectivity index (χ4v) is 2.39. The van der Waals surface area contributed by atoms with E-state index in [1.807, 2.05) is 37.3 Å². The first kappa shape index (κ1) is 12.1. The molecule has 2 rings (SSSR count). The second-order valence-electron chi connectivity index (χ2n) is 4.68. The van der Waals surface area contributed by atoms with Gasteiger partial charge in [0.2, 0.25) is 0 Å². The van der Waals surface area contributed by atoms with Gasteiger partial charge in [-0.05, 0) is 31.7 Å². The van der Waals surface area contributed by atoms with Gasteiger partial charge in [-0.3, -0.25) is 4.79 Å². The van der Waals surface area contributed by atoms with Crippen LogP contribution in [0.25, 0.3) is 0 Å². The Kier molecular flexibility index (Phi) is 3.79. The van der Waals surface area contributed by atoms with Crippen LogP contribution in [0, 0.1) is 0 Å². The maximum absolute atomic E-state index is 11.3. The summed E-state index contributed by atoms with van der Waals surface area (Å²) in [5.41, 5.74) is 0.864. The first-order valence-electron chi connectivity index (χ1n) is 6.10. The van der Waals surface area contributed by atoms with Crippen molar-refractivity contribution in [1.29, 1.82) is 0 Å². The molecule has 0 bridgehead atoms. The third kappa shape index (κ3) is 3.07. The zero-order chi connectivity index (χ0) is 12.3. The Hall–Kier alpha value is -1.35. The molecule has 1 aromatic carbocycles. The molecule has 0 aromatic heterocycles. The molecule has 1 aromatic rings. The van der Waals surface area contributed by atoms with Crippen LogP contribution in [0.1, 0.15) is 37.7 Å². The molecule has 3 unspecified atom stereocenters. The van der Waals surface area contributed by atoms with Gasteiger partial charge in [0.15, 0.2) is 0 Å². The number of ether oxygens (including phenoxy) is 1. The van der Waals surface area contributed by atoms with Gasteiger partial charge in [-0.25, -0.2) is 0 Å². The summed E-state index contributed by atoms with van der Waals surface area (Å²) < 4.78 is 5.70. The summed E-state index contributed by atoms with van der Waals surface area (Å²) in [6.07, 6.45) is 2.93. The number of carboxylic acids is 1. The topological polar surface area (TPSA) is 46.5 Å². The van der Waals surface area contributed by atoms with Gasteiger partial charge in [0, 0.05) is 0 Å². The van der Waals surface area contributed by atoms with Gasteiger partial charge in [0.05, 0.1) is 18.1 Å². The van der Waals surface area contributed by atoms with E-state index in [4.69, 9.17) is 4.74 Å². The van der Waals surface area contributed by atoms with Crippen LogP contribution >= 0.6 is 0 Å². The summed E-state index contributed by atoms with van der Waals surface area (Å²) in [6, 6.07) is 9.40. The summed E-state index contributed by atoms with van der Waals surface area (Å²) >= 11 is 0. The molecule has 1 fully saturated rings. The Labute approximate surface area is 101 Å². The van der Waals surface area contributed by atoms with Gasteiger partial charge in [-0.15, -0.1) is 0 Å². The molecule has 1 heterocycles. The van der Waals surface area contributed by atoms with Crippen LogP contribution in [-0.2, 0) is 9.53 Å². The van der Waals surface area contributed by atoms with Crippen molar-refractivity contribution in [1.82, 2.24) is 0 Å². The molecule has 0 aliphatic carbocycles. The molecule has 1 aliphatic rings. The van der Waals surface area contributed by atoms with Crippen LogP contribution in [0.3, 0.4) is 0 Å². The molecule has 1 aliphatic heterocycles. The van der Waals surface area contributed by atoms with E-state index in [1.165, 1.54) is 0 Å². The van der Waals surface area contributed by atoms with Crippen LogP contribution in [-0.4, -0.2) is 23.3 Å². The molecule has 92 valence electrons. The number of rotatable bonds is 4. The summed E-state index contributed by atoms with van der Waals surface area (Å²) in [5.74, 6) is -1.22. The van der Waals surface area contributed by atoms with Gasteiger partial charge < -0.3 is 9.84 Å². The van der Waals surface area contributed by atoms with Crippen molar-refractivity contribution in [2.75, 3.05) is 0 Å². The van der Waals surface area contributed by atoms with Crippen molar-refractivity contribution in [3.63, 3.8) is 0 Å². The highest BCUT2D eigenvalue weighted by Crippen LogP contribution is 2.29. The Balaban J connectivity index is 2.06. The molecule has 3 nitrogen and oxygen atoms in total. The van der Waals surface area contributed by atoms with Crippen molar-refractivity contribution in [2.45, 2.75) is 44.3 Å². The van der Waals surface area contributed by atoms with E-state index in [9.17, 15) is 9.90 Å². The van der Waals surface area contributed by atoms with E-state index < -0.39 is 11.9 Å². The van der Waals surface area contributed by atoms with E-state index in [0.29, 0.717) is 6.42 Å². The minimum atomic E-state index is -0.764. The van der Waals surface area contributed by atoms with Gasteiger partial charge >= 0.3 is 5.97 Å². The van der Waals surface area contributed by atoms with Crippen molar-refractivity contribution < 1.29 is 14.6 Å². The molecule has 1 saturated heterocycles. The van der Waals surface area contributed by atoms with Crippen LogP contribution in [0.5, 0.6) is 0 Å². The predicted molar refractivity (Wildman–Crippen MR) is 65.0 cm³/mol. The van der Waals surface area contributed by atoms with E-state index in [0.717, 1.165) is 18.4 Å². The standard InChI is InChI=1S/C14H18O3/c1-10-7-8-12(17-10)9-13(14(15)16)11-5-3-2-4-6-11/h2-6,10,12-13H,7-9H2,1H3,(H,15,16). The first-order valence-corrected chi connectivity index (χ1v) is 6.10. The molecule has 3 atom stereocenters. The molecular weight excluding hydrogens is 216 g/mol. The molecule has 0 radical (unpaired) electrons. The van der Waals surface area contributed by atoms with Crippen molar-refractivity contribution in [3.8, 4) is 0 Å². The molecule has 1 N–H and O–H groups in total. The average molecular weight is 234 g/mol. The van der Waals surface area contributed by atoms with E-state index in [2.05, 4.69) is 0 Å². The molecule has 0 amide bonds. The molecule has 3 heteroatoms. The smallest absolute Gasteiger partial charge is 0.311 e. The Morgan fingerprint density at radius 1 is 1.41 bits per heavy atom. The second-order valence-corrected chi connectivity index (χ2v) is 4.68. The Morgan fingerprint density at radius 2 is 2.12 bits per heavy atom. The maximum atomic E-state index is 11.3. The van der Waals surface area contributed by atoms with Crippen LogP contribution in [0.2, 0.25) is 0 Å². The lowest BCUT2D eigenvalue weighted by Crippen LogP contribution is -2.19. The summed E-state index contributed by atoms with van der Waals surface area (Å²) in [7, 11) is 0. The third-order valence-electron chi connectivity index (χ3n) is 3.32. The summed E-state index contributed by atoms with van der Waals surface area (Å²) in [6.45, 7) is 2.04. The number of benzene rings is 1. The highest BCUT2D eigenvalue weighted by Gasteiger charge is 2.29. The SMILES string of the molecule is CC1CCC(CC(C(=O)O)c2ccccc2)O1. The fourth-order valence-electron chi connectivity index (χ4n) is 2.39. The van der Waals surface area contributed by atoms with Crippen molar-refractivity contribution >= 4 is 5.97 Å². The zero-order valence-corrected chi connectivity index (χ0v) is 10.0. The number of carboxylic acid groups (broad SMARTS) is 1. The normalized spacial score (nSPS) is 25.7. The maximum Gasteiger partial charge on any atom is 0.311 e. The van der Waals surface area contributed by atoms with Crippen LogP contribution in [0.15, 0.2) is 30.3 Å². The van der Waals surface area contributed by atoms with Gasteiger partial charge in [0.25, 0.3) is 0 Å². The zero-order valence-electron chi connectivity index (χ0n) is 10.0. The number of hydrogen-bond donors (Lipinski definition) is 1. The molecular formula is C14H18O3. The fraction of sp³-hybridized carbons (Fsp3) is 0.500. The quantitative estimate of drug-likeness (QED) is 0.871. The monoisotopic (exact) mass is 234 g/mol. The van der Waals surface area contributed by atoms with Crippen LogP contribution in [0.4, 0.5) is 0 Å². The third-order valence-corrected chi connectivity index (χ3v) is 3.32. The van der Waals surface area contributed by atoms with Crippen molar-refractivity contribution in [3.05, 3.63) is 35.9 Å². The number of hydrogen-bond acceptors (Lipinski definition) is 2. The van der Waals surface area contributed by atoms with Gasteiger partial charge in [0.1, 0.15) is 0 Å². The van der Waals surface area contributed by atoms with E-state index in [-0.39, 0.29) is 12.2 Å². The lowest BCUT2D eigenvalue weighted by molar-refractivity contribution is -0.139. The second kappa shape index (κ2) is 5.32. The molecule has 17 heavy (non-hydrogen) atoms. The highest BCUT2D eigenvalue weighted by molar-refractivity contribution is 5.76. The largest absolute Gasteiger partial charge is 0.481 e. The Bertz CT molecular complexity index is 374. The van der Waals surface area contributed by atoms with Crippen molar-refractivity contribution in [2.24, 2.45) is 0 Å². The molecule has 0 saturated carbocycles. The first-order chi connectivity index (χ1) is 8.16. The lowest BCUT2D eigenvalue weighted by atomic mass is 9.92.